The van der Waals surface area contributed by atoms with Crippen LogP contribution >= 0.6 is 11.6 Å². The summed E-state index contributed by atoms with van der Waals surface area (Å²) in [7, 11) is 0. The van der Waals surface area contributed by atoms with Crippen LogP contribution in [0.5, 0.6) is 0 Å². The molecule has 0 saturated carbocycles. The van der Waals surface area contributed by atoms with Crippen molar-refractivity contribution in [2.24, 2.45) is 0 Å². The van der Waals surface area contributed by atoms with E-state index in [-0.39, 0.29) is 22.8 Å². The van der Waals surface area contributed by atoms with Gasteiger partial charge in [-0.15, -0.1) is 0 Å². The molecule has 1 amide bonds. The van der Waals surface area contributed by atoms with E-state index in [0.29, 0.717) is 18.0 Å². The summed E-state index contributed by atoms with van der Waals surface area (Å²) >= 11 is 5.83. The highest BCUT2D eigenvalue weighted by Crippen LogP contribution is 2.26. The average Bonchev–Trinajstić information content (AvgIpc) is 3.35. The molecular formula is C21H18ClN3O4. The Labute approximate surface area is 172 Å². The molecular weight excluding hydrogens is 394 g/mol. The number of amides is 1. The lowest BCUT2D eigenvalue weighted by atomic mass is 10.1. The fraction of sp³-hybridized carbons (Fsp3) is 0.190. The van der Waals surface area contributed by atoms with Gasteiger partial charge in [-0.25, -0.2) is 4.79 Å². The number of furan rings is 1. The number of aryl methyl sites for hydroxylation is 1. The summed E-state index contributed by atoms with van der Waals surface area (Å²) in [6, 6.07) is 12.8. The van der Waals surface area contributed by atoms with Crippen LogP contribution in [0.15, 0.2) is 53.2 Å². The van der Waals surface area contributed by atoms with E-state index in [2.05, 4.69) is 5.32 Å². The summed E-state index contributed by atoms with van der Waals surface area (Å²) in [5.74, 6) is -0.737. The van der Waals surface area contributed by atoms with Gasteiger partial charge in [0.1, 0.15) is 23.0 Å². The Balaban J connectivity index is 1.56. The third kappa shape index (κ3) is 4.86. The van der Waals surface area contributed by atoms with Crippen molar-refractivity contribution >= 4 is 23.5 Å². The molecule has 0 aliphatic rings. The van der Waals surface area contributed by atoms with E-state index in [4.69, 9.17) is 20.8 Å². The Kier molecular flexibility index (Phi) is 6.37. The van der Waals surface area contributed by atoms with Gasteiger partial charge in [0, 0.05) is 24.0 Å². The molecule has 0 spiro atoms. The Hall–Kier alpha value is -3.50. The summed E-state index contributed by atoms with van der Waals surface area (Å²) in [6.07, 6.45) is 4.02. The fourth-order valence-corrected chi connectivity index (χ4v) is 2.91. The van der Waals surface area contributed by atoms with Gasteiger partial charge in [0.15, 0.2) is 6.61 Å². The van der Waals surface area contributed by atoms with Gasteiger partial charge in [-0.05, 0) is 43.2 Å². The largest absolute Gasteiger partial charge is 0.452 e. The molecule has 0 unspecified atom stereocenters. The maximum Gasteiger partial charge on any atom is 0.343 e. The molecule has 1 N–H and O–H groups in total. The second kappa shape index (κ2) is 9.13. The number of esters is 1. The van der Waals surface area contributed by atoms with E-state index in [0.717, 1.165) is 5.56 Å². The van der Waals surface area contributed by atoms with Crippen LogP contribution in [0.25, 0.3) is 5.88 Å². The molecule has 0 radical (unpaired) electrons. The first-order chi connectivity index (χ1) is 14.0. The maximum absolute atomic E-state index is 12.4. The highest BCUT2D eigenvalue weighted by Gasteiger charge is 2.26. The number of aromatic nitrogens is 1. The van der Waals surface area contributed by atoms with Crippen LogP contribution in [-0.2, 0) is 16.0 Å². The zero-order valence-corrected chi connectivity index (χ0v) is 16.4. The number of carbonyl (C=O) groups excluding carboxylic acids is 2. The quantitative estimate of drug-likeness (QED) is 0.601. The summed E-state index contributed by atoms with van der Waals surface area (Å²) < 4.78 is 12.2. The summed E-state index contributed by atoms with van der Waals surface area (Å²) in [4.78, 5) is 24.4. The van der Waals surface area contributed by atoms with Crippen molar-refractivity contribution in [1.29, 1.82) is 5.26 Å². The van der Waals surface area contributed by atoms with E-state index in [1.54, 1.807) is 48.1 Å². The number of hydrogen-bond acceptors (Lipinski definition) is 5. The molecule has 29 heavy (non-hydrogen) atoms. The van der Waals surface area contributed by atoms with Crippen molar-refractivity contribution in [3.05, 3.63) is 76.3 Å². The Morgan fingerprint density at radius 3 is 2.59 bits per heavy atom. The number of rotatable bonds is 7. The number of ether oxygens (including phenoxy) is 1. The molecule has 7 nitrogen and oxygen atoms in total. The first-order valence-corrected chi connectivity index (χ1v) is 9.22. The topological polar surface area (TPSA) is 97.3 Å². The molecule has 1 aromatic carbocycles. The van der Waals surface area contributed by atoms with Gasteiger partial charge >= 0.3 is 5.97 Å². The number of benzene rings is 1. The number of nitriles is 1. The third-order valence-corrected chi connectivity index (χ3v) is 4.46. The van der Waals surface area contributed by atoms with E-state index >= 15 is 0 Å². The fourth-order valence-electron chi connectivity index (χ4n) is 2.78. The van der Waals surface area contributed by atoms with Crippen LogP contribution < -0.4 is 5.32 Å². The molecule has 3 aromatic rings. The number of hydrogen-bond donors (Lipinski definition) is 1. The zero-order chi connectivity index (χ0) is 20.8. The molecule has 0 aliphatic carbocycles. The minimum Gasteiger partial charge on any atom is -0.452 e. The Bertz CT molecular complexity index is 1050. The standard InChI is InChI=1S/C21H18ClN3O4/c1-14-19(17(12-23)20(29-14)25-10-2-3-11-25)21(27)28-13-18(26)24-9-8-15-4-6-16(22)7-5-15/h2-7,10-11H,8-9,13H2,1H3,(H,24,26). The van der Waals surface area contributed by atoms with Crippen LogP contribution in [0, 0.1) is 18.3 Å². The van der Waals surface area contributed by atoms with E-state index < -0.39 is 18.5 Å². The monoisotopic (exact) mass is 411 g/mol. The minimum atomic E-state index is -0.783. The number of halogens is 1. The zero-order valence-electron chi connectivity index (χ0n) is 15.6. The first kappa shape index (κ1) is 20.2. The van der Waals surface area contributed by atoms with Crippen LogP contribution in [0.2, 0.25) is 5.02 Å². The van der Waals surface area contributed by atoms with Crippen molar-refractivity contribution < 1.29 is 18.7 Å². The minimum absolute atomic E-state index is 0.0187. The molecule has 148 valence electrons. The SMILES string of the molecule is Cc1oc(-n2cccc2)c(C#N)c1C(=O)OCC(=O)NCCc1ccc(Cl)cc1. The number of carbonyl (C=O) groups is 2. The number of nitrogens with one attached hydrogen (secondary N) is 1. The smallest absolute Gasteiger partial charge is 0.343 e. The van der Waals surface area contributed by atoms with Crippen LogP contribution in [0.3, 0.4) is 0 Å². The van der Waals surface area contributed by atoms with E-state index in [1.807, 2.05) is 18.2 Å². The molecule has 0 fully saturated rings. The van der Waals surface area contributed by atoms with Crippen LogP contribution in [0.1, 0.15) is 27.2 Å². The molecule has 2 aromatic heterocycles. The first-order valence-electron chi connectivity index (χ1n) is 8.84. The van der Waals surface area contributed by atoms with Crippen molar-refractivity contribution in [1.82, 2.24) is 9.88 Å². The van der Waals surface area contributed by atoms with Crippen molar-refractivity contribution in [3.8, 4) is 12.0 Å². The maximum atomic E-state index is 12.4. The predicted octanol–water partition coefficient (Wildman–Crippen LogP) is 3.42. The van der Waals surface area contributed by atoms with Crippen molar-refractivity contribution in [2.75, 3.05) is 13.2 Å². The highest BCUT2D eigenvalue weighted by atomic mass is 35.5. The third-order valence-electron chi connectivity index (χ3n) is 4.20. The summed E-state index contributed by atoms with van der Waals surface area (Å²) in [5.41, 5.74) is 1.11. The van der Waals surface area contributed by atoms with Crippen LogP contribution in [0.4, 0.5) is 0 Å². The Morgan fingerprint density at radius 1 is 1.24 bits per heavy atom. The normalized spacial score (nSPS) is 10.4. The molecule has 0 aliphatic heterocycles. The van der Waals surface area contributed by atoms with Crippen molar-refractivity contribution in [2.45, 2.75) is 13.3 Å². The molecule has 0 saturated heterocycles. The predicted molar refractivity (Wildman–Crippen MR) is 106 cm³/mol. The lowest BCUT2D eigenvalue weighted by Gasteiger charge is -2.07. The highest BCUT2D eigenvalue weighted by molar-refractivity contribution is 6.30. The Morgan fingerprint density at radius 2 is 1.93 bits per heavy atom. The van der Waals surface area contributed by atoms with E-state index in [1.165, 1.54) is 0 Å². The molecule has 2 heterocycles. The lowest BCUT2D eigenvalue weighted by Crippen LogP contribution is -2.30. The average molecular weight is 412 g/mol. The van der Waals surface area contributed by atoms with Crippen molar-refractivity contribution in [3.63, 3.8) is 0 Å². The summed E-state index contributed by atoms with van der Waals surface area (Å²) in [5, 5.41) is 12.8. The van der Waals surface area contributed by atoms with Gasteiger partial charge in [-0.1, -0.05) is 23.7 Å². The molecule has 0 bridgehead atoms. The number of nitrogens with zero attached hydrogens (tertiary/aromatic N) is 2. The molecule has 3 rings (SSSR count). The van der Waals surface area contributed by atoms with Gasteiger partial charge in [0.25, 0.3) is 5.91 Å². The molecule has 8 heteroatoms. The lowest BCUT2D eigenvalue weighted by molar-refractivity contribution is -0.124. The van der Waals surface area contributed by atoms with Gasteiger partial charge < -0.3 is 14.5 Å². The second-order valence-electron chi connectivity index (χ2n) is 6.22. The van der Waals surface area contributed by atoms with Crippen LogP contribution in [-0.4, -0.2) is 29.6 Å². The van der Waals surface area contributed by atoms with Gasteiger partial charge in [-0.2, -0.15) is 5.26 Å². The molecule has 0 atom stereocenters. The van der Waals surface area contributed by atoms with Gasteiger partial charge in [-0.3, -0.25) is 9.36 Å². The second-order valence-corrected chi connectivity index (χ2v) is 6.65. The summed E-state index contributed by atoms with van der Waals surface area (Å²) in [6.45, 7) is 1.51. The van der Waals surface area contributed by atoms with E-state index in [9.17, 15) is 14.9 Å². The van der Waals surface area contributed by atoms with Gasteiger partial charge in [0.05, 0.1) is 0 Å². The van der Waals surface area contributed by atoms with Gasteiger partial charge in [0.2, 0.25) is 5.88 Å².